The molecular formula is C19H29N3O3. The van der Waals surface area contributed by atoms with Crippen LogP contribution in [0, 0.1) is 0 Å². The Hall–Kier alpha value is -1.66. The van der Waals surface area contributed by atoms with Gasteiger partial charge >= 0.3 is 0 Å². The Balaban J connectivity index is 1.61. The van der Waals surface area contributed by atoms with Gasteiger partial charge in [-0.1, -0.05) is 25.7 Å². The lowest BCUT2D eigenvalue weighted by atomic mass is 10.1. The first-order chi connectivity index (χ1) is 12.2. The van der Waals surface area contributed by atoms with Gasteiger partial charge in [-0.15, -0.1) is 0 Å². The minimum absolute atomic E-state index is 0.193. The second-order valence-electron chi connectivity index (χ2n) is 7.04. The van der Waals surface area contributed by atoms with E-state index in [9.17, 15) is 9.59 Å². The van der Waals surface area contributed by atoms with Gasteiger partial charge in [0.15, 0.2) is 0 Å². The van der Waals surface area contributed by atoms with E-state index in [2.05, 4.69) is 10.2 Å². The number of pyridine rings is 1. The Morgan fingerprint density at radius 1 is 1.12 bits per heavy atom. The Labute approximate surface area is 149 Å². The van der Waals surface area contributed by atoms with E-state index in [-0.39, 0.29) is 23.1 Å². The summed E-state index contributed by atoms with van der Waals surface area (Å²) < 4.78 is 6.99. The van der Waals surface area contributed by atoms with Crippen LogP contribution < -0.4 is 10.9 Å². The second-order valence-corrected chi connectivity index (χ2v) is 7.04. The first-order valence-electron chi connectivity index (χ1n) is 9.54. The highest BCUT2D eigenvalue weighted by Gasteiger charge is 2.18. The molecule has 3 rings (SSSR count). The minimum Gasteiger partial charge on any atom is -0.379 e. The lowest BCUT2D eigenvalue weighted by Crippen LogP contribution is -2.41. The highest BCUT2D eigenvalue weighted by Crippen LogP contribution is 2.17. The molecule has 1 amide bonds. The molecule has 6 nitrogen and oxygen atoms in total. The zero-order chi connectivity index (χ0) is 17.5. The van der Waals surface area contributed by atoms with Gasteiger partial charge in [0.25, 0.3) is 11.5 Å². The third-order valence-corrected chi connectivity index (χ3v) is 5.22. The maximum Gasteiger partial charge on any atom is 0.263 e. The van der Waals surface area contributed by atoms with Crippen LogP contribution in [-0.4, -0.2) is 54.3 Å². The molecule has 2 fully saturated rings. The summed E-state index contributed by atoms with van der Waals surface area (Å²) in [5.41, 5.74) is 0.0654. The minimum atomic E-state index is -0.224. The average molecular weight is 347 g/mol. The molecule has 1 aromatic rings. The molecule has 1 aliphatic carbocycles. The van der Waals surface area contributed by atoms with Crippen LogP contribution in [0.2, 0.25) is 0 Å². The summed E-state index contributed by atoms with van der Waals surface area (Å²) >= 11 is 0. The second kappa shape index (κ2) is 9.15. The van der Waals surface area contributed by atoms with Crippen LogP contribution in [0.3, 0.4) is 0 Å². The first kappa shape index (κ1) is 18.1. The van der Waals surface area contributed by atoms with E-state index in [4.69, 9.17) is 4.74 Å². The van der Waals surface area contributed by atoms with E-state index in [1.165, 1.54) is 12.8 Å². The van der Waals surface area contributed by atoms with Crippen LogP contribution in [0.25, 0.3) is 0 Å². The topological polar surface area (TPSA) is 63.6 Å². The number of nitrogens with zero attached hydrogens (tertiary/aromatic N) is 2. The van der Waals surface area contributed by atoms with Crippen molar-refractivity contribution in [2.24, 2.45) is 0 Å². The van der Waals surface area contributed by atoms with Gasteiger partial charge in [-0.2, -0.15) is 0 Å². The van der Waals surface area contributed by atoms with Crippen molar-refractivity contribution < 1.29 is 9.53 Å². The number of carbonyl (C=O) groups is 1. The first-order valence-corrected chi connectivity index (χ1v) is 9.54. The van der Waals surface area contributed by atoms with Crippen LogP contribution in [0.5, 0.6) is 0 Å². The molecule has 138 valence electrons. The number of hydrogen-bond acceptors (Lipinski definition) is 4. The summed E-state index contributed by atoms with van der Waals surface area (Å²) in [7, 11) is 0. The molecule has 1 saturated heterocycles. The molecule has 0 spiro atoms. The summed E-state index contributed by atoms with van der Waals surface area (Å²) in [6.07, 6.45) is 8.60. The quantitative estimate of drug-likeness (QED) is 0.823. The Kier molecular flexibility index (Phi) is 6.64. The summed E-state index contributed by atoms with van der Waals surface area (Å²) in [5.74, 6) is -0.224. The normalized spacial score (nSPS) is 20.2. The molecule has 1 aliphatic heterocycles. The van der Waals surface area contributed by atoms with Gasteiger partial charge in [-0.3, -0.25) is 14.5 Å². The van der Waals surface area contributed by atoms with Crippen molar-refractivity contribution in [1.82, 2.24) is 14.8 Å². The van der Waals surface area contributed by atoms with Crippen LogP contribution in [0.15, 0.2) is 23.1 Å². The molecular weight excluding hydrogens is 318 g/mol. The van der Waals surface area contributed by atoms with Gasteiger partial charge < -0.3 is 14.6 Å². The van der Waals surface area contributed by atoms with Crippen molar-refractivity contribution in [3.05, 3.63) is 34.2 Å². The Bertz CT molecular complexity index is 615. The molecule has 0 bridgehead atoms. The predicted octanol–water partition coefficient (Wildman–Crippen LogP) is 1.63. The average Bonchev–Trinajstić information content (AvgIpc) is 2.90. The molecule has 2 heterocycles. The fraction of sp³-hybridized carbons (Fsp3) is 0.684. The van der Waals surface area contributed by atoms with E-state index >= 15 is 0 Å². The van der Waals surface area contributed by atoms with Crippen molar-refractivity contribution in [3.63, 3.8) is 0 Å². The zero-order valence-electron chi connectivity index (χ0n) is 14.9. The maximum atomic E-state index is 12.7. The molecule has 0 aromatic carbocycles. The number of hydrogen-bond donors (Lipinski definition) is 1. The third-order valence-electron chi connectivity index (χ3n) is 5.22. The highest BCUT2D eigenvalue weighted by atomic mass is 16.5. The standard InChI is InChI=1S/C19H29N3O3/c23-18(20-16-6-3-1-2-4-7-16)17-8-5-9-22(19(17)24)11-10-21-12-14-25-15-13-21/h5,8-9,16H,1-4,6-7,10-15H2,(H,20,23). The van der Waals surface area contributed by atoms with Gasteiger partial charge in [0.1, 0.15) is 5.56 Å². The summed E-state index contributed by atoms with van der Waals surface area (Å²) in [6, 6.07) is 3.64. The number of nitrogens with one attached hydrogen (secondary N) is 1. The van der Waals surface area contributed by atoms with Crippen molar-refractivity contribution in [3.8, 4) is 0 Å². The van der Waals surface area contributed by atoms with Crippen LogP contribution in [0.4, 0.5) is 0 Å². The molecule has 1 N–H and O–H groups in total. The molecule has 25 heavy (non-hydrogen) atoms. The smallest absolute Gasteiger partial charge is 0.263 e. The number of amides is 1. The number of rotatable bonds is 5. The molecule has 0 atom stereocenters. The summed E-state index contributed by atoms with van der Waals surface area (Å²) in [4.78, 5) is 27.5. The molecule has 0 radical (unpaired) electrons. The van der Waals surface area contributed by atoms with E-state index in [1.807, 2.05) is 0 Å². The summed E-state index contributed by atoms with van der Waals surface area (Å²) in [5, 5.41) is 3.07. The SMILES string of the molecule is O=C(NC1CCCCCC1)c1cccn(CCN2CCOCC2)c1=O. The van der Waals surface area contributed by atoms with Gasteiger partial charge in [0.2, 0.25) is 0 Å². The van der Waals surface area contributed by atoms with Crippen LogP contribution in [-0.2, 0) is 11.3 Å². The Morgan fingerprint density at radius 2 is 1.84 bits per heavy atom. The lowest BCUT2D eigenvalue weighted by molar-refractivity contribution is 0.0363. The Morgan fingerprint density at radius 3 is 2.56 bits per heavy atom. The summed E-state index contributed by atoms with van der Waals surface area (Å²) in [6.45, 7) is 4.70. The fourth-order valence-corrected chi connectivity index (χ4v) is 3.65. The van der Waals surface area contributed by atoms with Crippen molar-refractivity contribution in [2.75, 3.05) is 32.8 Å². The maximum absolute atomic E-state index is 12.7. The van der Waals surface area contributed by atoms with E-state index in [0.717, 1.165) is 58.5 Å². The molecule has 0 unspecified atom stereocenters. The largest absolute Gasteiger partial charge is 0.379 e. The van der Waals surface area contributed by atoms with Crippen molar-refractivity contribution >= 4 is 5.91 Å². The monoisotopic (exact) mass is 347 g/mol. The molecule has 1 aromatic heterocycles. The predicted molar refractivity (Wildman–Crippen MR) is 96.9 cm³/mol. The van der Waals surface area contributed by atoms with Gasteiger partial charge in [0, 0.05) is 38.4 Å². The number of morpholine rings is 1. The third kappa shape index (κ3) is 5.16. The molecule has 2 aliphatic rings. The van der Waals surface area contributed by atoms with Crippen LogP contribution >= 0.6 is 0 Å². The fourth-order valence-electron chi connectivity index (χ4n) is 3.65. The van der Waals surface area contributed by atoms with Crippen LogP contribution in [0.1, 0.15) is 48.9 Å². The van der Waals surface area contributed by atoms with E-state index < -0.39 is 0 Å². The van der Waals surface area contributed by atoms with E-state index in [1.54, 1.807) is 22.9 Å². The lowest BCUT2D eigenvalue weighted by Gasteiger charge is -2.26. The van der Waals surface area contributed by atoms with E-state index in [0.29, 0.717) is 6.54 Å². The molecule has 1 saturated carbocycles. The van der Waals surface area contributed by atoms with Crippen molar-refractivity contribution in [1.29, 1.82) is 0 Å². The van der Waals surface area contributed by atoms with Gasteiger partial charge in [-0.25, -0.2) is 0 Å². The number of aromatic nitrogens is 1. The zero-order valence-corrected chi connectivity index (χ0v) is 14.9. The van der Waals surface area contributed by atoms with Crippen molar-refractivity contribution in [2.45, 2.75) is 51.1 Å². The van der Waals surface area contributed by atoms with Gasteiger partial charge in [-0.05, 0) is 25.0 Å². The molecule has 6 heteroatoms. The number of ether oxygens (including phenoxy) is 1. The number of carbonyl (C=O) groups excluding carboxylic acids is 1. The van der Waals surface area contributed by atoms with Gasteiger partial charge in [0.05, 0.1) is 13.2 Å². The highest BCUT2D eigenvalue weighted by molar-refractivity contribution is 5.93.